The molecule has 5 heteroatoms. The van der Waals surface area contributed by atoms with Gasteiger partial charge in [-0.2, -0.15) is 0 Å². The number of morpholine rings is 1. The van der Waals surface area contributed by atoms with Crippen LogP contribution in [0.2, 0.25) is 0 Å². The van der Waals surface area contributed by atoms with Gasteiger partial charge in [0, 0.05) is 31.2 Å². The summed E-state index contributed by atoms with van der Waals surface area (Å²) in [5.74, 6) is 0.587. The van der Waals surface area contributed by atoms with Crippen LogP contribution >= 0.6 is 0 Å². The highest BCUT2D eigenvalue weighted by atomic mass is 16.5. The second-order valence-corrected chi connectivity index (χ2v) is 8.85. The van der Waals surface area contributed by atoms with Gasteiger partial charge in [0.15, 0.2) is 0 Å². The summed E-state index contributed by atoms with van der Waals surface area (Å²) in [4.78, 5) is 26.4. The monoisotopic (exact) mass is 366 g/mol. The molecule has 1 aromatic rings. The minimum absolute atomic E-state index is 0.0724. The van der Waals surface area contributed by atoms with E-state index >= 15 is 0 Å². The van der Waals surface area contributed by atoms with Crippen LogP contribution in [-0.4, -0.2) is 42.9 Å². The highest BCUT2D eigenvalue weighted by molar-refractivity contribution is 5.82. The van der Waals surface area contributed by atoms with Crippen LogP contribution in [0.5, 0.6) is 0 Å². The number of allylic oxidation sites excluding steroid dienone is 1. The lowest BCUT2D eigenvalue weighted by atomic mass is 9.84. The molecule has 3 aliphatic carbocycles. The average Bonchev–Trinajstić information content (AvgIpc) is 3.18. The molecule has 4 fully saturated rings. The summed E-state index contributed by atoms with van der Waals surface area (Å²) in [5.41, 5.74) is 2.60. The molecular formula is C22H26N2O3. The molecule has 1 spiro atoms. The van der Waals surface area contributed by atoms with Crippen molar-refractivity contribution >= 4 is 12.2 Å². The predicted octanol–water partition coefficient (Wildman–Crippen LogP) is 2.28. The quantitative estimate of drug-likeness (QED) is 0.813. The minimum Gasteiger partial charge on any atom is -0.366 e. The first-order chi connectivity index (χ1) is 13.1. The van der Waals surface area contributed by atoms with Crippen molar-refractivity contribution in [1.82, 2.24) is 10.2 Å². The number of benzene rings is 1. The van der Waals surface area contributed by atoms with E-state index in [4.69, 9.17) is 4.74 Å². The number of carbonyl (C=O) groups is 2. The Morgan fingerprint density at radius 3 is 2.93 bits per heavy atom. The summed E-state index contributed by atoms with van der Waals surface area (Å²) < 4.78 is 5.72. The molecule has 27 heavy (non-hydrogen) atoms. The van der Waals surface area contributed by atoms with E-state index in [2.05, 4.69) is 22.3 Å². The highest BCUT2D eigenvalue weighted by Gasteiger charge is 2.71. The summed E-state index contributed by atoms with van der Waals surface area (Å²) in [6.45, 7) is 2.85. The van der Waals surface area contributed by atoms with Gasteiger partial charge in [0.1, 0.15) is 12.4 Å². The number of fused-ring (bicyclic) bond motifs is 1. The molecule has 5 rings (SSSR count). The van der Waals surface area contributed by atoms with E-state index in [0.717, 1.165) is 38.6 Å². The molecule has 5 nitrogen and oxygen atoms in total. The number of aldehydes is 1. The zero-order chi connectivity index (χ0) is 18.5. The van der Waals surface area contributed by atoms with Gasteiger partial charge in [0.05, 0.1) is 6.61 Å². The van der Waals surface area contributed by atoms with Crippen molar-refractivity contribution in [3.05, 3.63) is 47.7 Å². The summed E-state index contributed by atoms with van der Waals surface area (Å²) in [5, 5.41) is 2.99. The van der Waals surface area contributed by atoms with E-state index in [1.165, 1.54) is 17.6 Å². The van der Waals surface area contributed by atoms with Crippen molar-refractivity contribution in [2.24, 2.45) is 16.7 Å². The maximum absolute atomic E-state index is 12.6. The first-order valence-corrected chi connectivity index (χ1v) is 9.97. The molecule has 142 valence electrons. The Kier molecular flexibility index (Phi) is 3.99. The van der Waals surface area contributed by atoms with Crippen molar-refractivity contribution in [2.45, 2.75) is 38.3 Å². The van der Waals surface area contributed by atoms with Gasteiger partial charge in [0.2, 0.25) is 0 Å². The molecule has 1 heterocycles. The fraction of sp³-hybridized carbons (Fsp3) is 0.545. The molecule has 4 atom stereocenters. The van der Waals surface area contributed by atoms with E-state index < -0.39 is 6.10 Å². The largest absolute Gasteiger partial charge is 0.366 e. The van der Waals surface area contributed by atoms with E-state index in [0.29, 0.717) is 19.1 Å². The molecular weight excluding hydrogens is 340 g/mol. The molecule has 2 bridgehead atoms. The first-order valence-electron chi connectivity index (χ1n) is 9.97. The van der Waals surface area contributed by atoms with Crippen LogP contribution in [0.4, 0.5) is 0 Å². The number of carbonyl (C=O) groups excluding carboxylic acids is 2. The number of amides is 1. The third-order valence-corrected chi connectivity index (χ3v) is 7.07. The van der Waals surface area contributed by atoms with Gasteiger partial charge in [-0.15, -0.1) is 0 Å². The van der Waals surface area contributed by atoms with Gasteiger partial charge in [0.25, 0.3) is 5.91 Å². The Labute approximate surface area is 159 Å². The SMILES string of the molecule is O=C[C@@]12CC(=CNC(=O)C3CN(Cc4ccccc4)CCO3)C3(CC3C1)C2. The molecule has 1 N–H and O–H groups in total. The van der Waals surface area contributed by atoms with E-state index in [-0.39, 0.29) is 16.7 Å². The van der Waals surface area contributed by atoms with Gasteiger partial charge in [-0.1, -0.05) is 30.3 Å². The summed E-state index contributed by atoms with van der Waals surface area (Å²) in [6, 6.07) is 10.3. The predicted molar refractivity (Wildman–Crippen MR) is 101 cm³/mol. The van der Waals surface area contributed by atoms with E-state index in [1.807, 2.05) is 24.4 Å². The molecule has 1 aromatic carbocycles. The molecule has 3 saturated carbocycles. The highest BCUT2D eigenvalue weighted by Crippen LogP contribution is 2.79. The molecule has 1 saturated heterocycles. The number of nitrogens with zero attached hydrogens (tertiary/aromatic N) is 1. The van der Waals surface area contributed by atoms with Crippen LogP contribution in [0.3, 0.4) is 0 Å². The normalized spacial score (nSPS) is 38.6. The van der Waals surface area contributed by atoms with Crippen molar-refractivity contribution in [2.75, 3.05) is 19.7 Å². The fourth-order valence-corrected chi connectivity index (χ4v) is 5.68. The van der Waals surface area contributed by atoms with Crippen molar-refractivity contribution in [3.63, 3.8) is 0 Å². The van der Waals surface area contributed by atoms with Crippen LogP contribution in [0.15, 0.2) is 42.1 Å². The van der Waals surface area contributed by atoms with Gasteiger partial charge in [-0.05, 0) is 48.2 Å². The van der Waals surface area contributed by atoms with E-state index in [1.54, 1.807) is 0 Å². The van der Waals surface area contributed by atoms with Crippen molar-refractivity contribution in [3.8, 4) is 0 Å². The summed E-state index contributed by atoms with van der Waals surface area (Å²) in [6.07, 6.45) is 6.66. The number of rotatable bonds is 5. The van der Waals surface area contributed by atoms with E-state index in [9.17, 15) is 9.59 Å². The zero-order valence-corrected chi connectivity index (χ0v) is 15.5. The molecule has 0 aromatic heterocycles. The second kappa shape index (κ2) is 6.28. The number of ether oxygens (including phenoxy) is 1. The standard InChI is InChI=1S/C22H26N2O3/c25-15-21-8-17-10-22(17,14-21)18(9-21)11-23-20(26)19-13-24(6-7-27-19)12-16-4-2-1-3-5-16/h1-5,11,15,17,19H,6-10,12-14H2,(H,23,26)/t17?,19?,21-,22?/m1/s1. The topological polar surface area (TPSA) is 58.6 Å². The zero-order valence-electron chi connectivity index (χ0n) is 15.5. The van der Waals surface area contributed by atoms with Crippen LogP contribution in [0.1, 0.15) is 31.2 Å². The number of hydrogen-bond acceptors (Lipinski definition) is 4. The van der Waals surface area contributed by atoms with Gasteiger partial charge in [-0.25, -0.2) is 0 Å². The maximum Gasteiger partial charge on any atom is 0.254 e. The Morgan fingerprint density at radius 2 is 2.15 bits per heavy atom. The van der Waals surface area contributed by atoms with Crippen molar-refractivity contribution < 1.29 is 14.3 Å². The van der Waals surface area contributed by atoms with Gasteiger partial charge >= 0.3 is 0 Å². The lowest BCUT2D eigenvalue weighted by Gasteiger charge is -2.32. The summed E-state index contributed by atoms with van der Waals surface area (Å²) in [7, 11) is 0. The van der Waals surface area contributed by atoms with Crippen LogP contribution in [-0.2, 0) is 20.9 Å². The third-order valence-electron chi connectivity index (χ3n) is 7.07. The molecule has 1 aliphatic heterocycles. The van der Waals surface area contributed by atoms with Crippen LogP contribution in [0, 0.1) is 16.7 Å². The van der Waals surface area contributed by atoms with Crippen LogP contribution in [0.25, 0.3) is 0 Å². The first kappa shape index (κ1) is 17.1. The molecule has 3 unspecified atom stereocenters. The number of nitrogens with one attached hydrogen (secondary N) is 1. The lowest BCUT2D eigenvalue weighted by molar-refractivity contribution is -0.137. The Hall–Kier alpha value is -1.98. The molecule has 0 radical (unpaired) electrons. The fourth-order valence-electron chi connectivity index (χ4n) is 5.68. The minimum atomic E-state index is -0.439. The van der Waals surface area contributed by atoms with Crippen molar-refractivity contribution in [1.29, 1.82) is 0 Å². The maximum atomic E-state index is 12.6. The smallest absolute Gasteiger partial charge is 0.254 e. The molecule has 1 amide bonds. The third kappa shape index (κ3) is 2.93. The Balaban J connectivity index is 1.20. The molecule has 4 aliphatic rings. The lowest BCUT2D eigenvalue weighted by Crippen LogP contribution is -2.48. The Bertz CT molecular complexity index is 792. The van der Waals surface area contributed by atoms with Crippen LogP contribution < -0.4 is 5.32 Å². The van der Waals surface area contributed by atoms with Gasteiger partial charge < -0.3 is 14.8 Å². The average molecular weight is 366 g/mol. The Morgan fingerprint density at radius 1 is 1.30 bits per heavy atom. The summed E-state index contributed by atoms with van der Waals surface area (Å²) >= 11 is 0. The van der Waals surface area contributed by atoms with Gasteiger partial charge in [-0.3, -0.25) is 9.69 Å². The number of hydrogen-bond donors (Lipinski definition) is 1. The second-order valence-electron chi connectivity index (χ2n) is 8.85.